The fraction of sp³-hybridized carbons (Fsp3) is 0.800. The molecule has 0 saturated heterocycles. The molecule has 0 amide bonds. The minimum atomic E-state index is -1.06. The molecule has 146 valence electrons. The molecule has 26 heavy (non-hydrogen) atoms. The average molecular weight is 366 g/mol. The van der Waals surface area contributed by atoms with Crippen LogP contribution in [0.25, 0.3) is 0 Å². The molecule has 4 fully saturated rings. The van der Waals surface area contributed by atoms with Crippen LogP contribution in [-0.4, -0.2) is 47.1 Å². The third-order valence-corrected chi connectivity index (χ3v) is 6.12. The first kappa shape index (κ1) is 19.4. The molecule has 3 unspecified atom stereocenters. The van der Waals surface area contributed by atoms with Gasteiger partial charge in [-0.1, -0.05) is 19.9 Å². The van der Waals surface area contributed by atoms with Crippen LogP contribution >= 0.6 is 0 Å². The Morgan fingerprint density at radius 1 is 1.00 bits per heavy atom. The van der Waals surface area contributed by atoms with Crippen molar-refractivity contribution in [2.24, 2.45) is 16.2 Å². The predicted molar refractivity (Wildman–Crippen MR) is 94.0 cm³/mol. The van der Waals surface area contributed by atoms with Crippen molar-refractivity contribution in [2.75, 3.05) is 13.2 Å². The Morgan fingerprint density at radius 2 is 1.58 bits per heavy atom. The Kier molecular flexibility index (Phi) is 4.72. The minimum Gasteiger partial charge on any atom is -0.462 e. The third-order valence-electron chi connectivity index (χ3n) is 6.12. The van der Waals surface area contributed by atoms with Crippen molar-refractivity contribution in [1.82, 2.24) is 0 Å². The SMILES string of the molecule is CC=CC(=O)OCC(O)COC(=O)C12CC3(C)CC(C)(CC(O)(C3)C1)C2. The minimum absolute atomic E-state index is 0.0437. The Labute approximate surface area is 154 Å². The average Bonchev–Trinajstić information content (AvgIpc) is 2.46. The van der Waals surface area contributed by atoms with Gasteiger partial charge in [-0.3, -0.25) is 4.79 Å². The van der Waals surface area contributed by atoms with Crippen LogP contribution in [0.2, 0.25) is 0 Å². The van der Waals surface area contributed by atoms with Gasteiger partial charge in [0.25, 0.3) is 0 Å². The monoisotopic (exact) mass is 366 g/mol. The number of allylic oxidation sites excluding steroid dienone is 1. The molecule has 0 aromatic rings. The molecule has 0 spiro atoms. The van der Waals surface area contributed by atoms with E-state index in [2.05, 4.69) is 13.8 Å². The molecule has 4 rings (SSSR count). The maximum absolute atomic E-state index is 12.9. The van der Waals surface area contributed by atoms with E-state index in [-0.39, 0.29) is 30.0 Å². The van der Waals surface area contributed by atoms with E-state index in [9.17, 15) is 19.8 Å². The topological polar surface area (TPSA) is 93.1 Å². The number of aliphatic hydroxyl groups is 2. The zero-order valence-electron chi connectivity index (χ0n) is 15.9. The summed E-state index contributed by atoms with van der Waals surface area (Å²) in [5.74, 6) is -0.881. The molecule has 3 atom stereocenters. The summed E-state index contributed by atoms with van der Waals surface area (Å²) in [5.41, 5.74) is -1.55. The number of hydrogen-bond acceptors (Lipinski definition) is 6. The molecule has 6 heteroatoms. The summed E-state index contributed by atoms with van der Waals surface area (Å²) in [6, 6.07) is 0. The molecule has 4 saturated carbocycles. The van der Waals surface area contributed by atoms with E-state index in [0.717, 1.165) is 32.1 Å². The first-order valence-corrected chi connectivity index (χ1v) is 9.38. The largest absolute Gasteiger partial charge is 0.462 e. The van der Waals surface area contributed by atoms with Gasteiger partial charge in [0.2, 0.25) is 0 Å². The number of hydrogen-bond donors (Lipinski definition) is 2. The molecule has 0 aliphatic heterocycles. The second kappa shape index (κ2) is 6.34. The molecule has 2 N–H and O–H groups in total. The van der Waals surface area contributed by atoms with Gasteiger partial charge in [0.15, 0.2) is 0 Å². The standard InChI is InChI=1S/C20H30O6/c1-4-5-15(22)25-6-14(21)7-26-16(23)19-9-17(2)8-18(3,10-19)12-20(24,11-17)13-19/h4-5,14,21,24H,6-13H2,1-3H3. The van der Waals surface area contributed by atoms with Gasteiger partial charge in [-0.05, 0) is 56.3 Å². The van der Waals surface area contributed by atoms with E-state index in [1.807, 2.05) is 0 Å². The lowest BCUT2D eigenvalue weighted by Crippen LogP contribution is -2.64. The Hall–Kier alpha value is -1.40. The smallest absolute Gasteiger partial charge is 0.330 e. The van der Waals surface area contributed by atoms with E-state index in [1.54, 1.807) is 13.0 Å². The fourth-order valence-corrected chi connectivity index (χ4v) is 6.59. The summed E-state index contributed by atoms with van der Waals surface area (Å²) in [5, 5.41) is 20.9. The summed E-state index contributed by atoms with van der Waals surface area (Å²) in [6.45, 7) is 5.58. The number of ether oxygens (including phenoxy) is 2. The Bertz CT molecular complexity index is 570. The lowest BCUT2D eigenvalue weighted by atomic mass is 9.39. The maximum Gasteiger partial charge on any atom is 0.330 e. The van der Waals surface area contributed by atoms with Gasteiger partial charge in [0.1, 0.15) is 19.3 Å². The van der Waals surface area contributed by atoms with Gasteiger partial charge in [0, 0.05) is 6.08 Å². The first-order valence-electron chi connectivity index (χ1n) is 9.38. The van der Waals surface area contributed by atoms with E-state index < -0.39 is 23.1 Å². The molecule has 0 radical (unpaired) electrons. The van der Waals surface area contributed by atoms with Crippen molar-refractivity contribution in [1.29, 1.82) is 0 Å². The van der Waals surface area contributed by atoms with Gasteiger partial charge in [-0.2, -0.15) is 0 Å². The molecular formula is C20H30O6. The number of aliphatic hydroxyl groups excluding tert-OH is 1. The van der Waals surface area contributed by atoms with Gasteiger partial charge < -0.3 is 19.7 Å². The predicted octanol–water partition coefficient (Wildman–Crippen LogP) is 2.12. The van der Waals surface area contributed by atoms with Crippen molar-refractivity contribution in [3.8, 4) is 0 Å². The van der Waals surface area contributed by atoms with Crippen molar-refractivity contribution in [3.63, 3.8) is 0 Å². The molecular weight excluding hydrogens is 336 g/mol. The number of carbonyl (C=O) groups is 2. The number of carbonyl (C=O) groups excluding carboxylic acids is 2. The van der Waals surface area contributed by atoms with Crippen LogP contribution in [0, 0.1) is 16.2 Å². The highest BCUT2D eigenvalue weighted by molar-refractivity contribution is 5.81. The van der Waals surface area contributed by atoms with E-state index in [4.69, 9.17) is 9.47 Å². The van der Waals surface area contributed by atoms with Gasteiger partial charge >= 0.3 is 11.9 Å². The quantitative estimate of drug-likeness (QED) is 0.552. The van der Waals surface area contributed by atoms with E-state index >= 15 is 0 Å². The van der Waals surface area contributed by atoms with Crippen LogP contribution in [0.15, 0.2) is 12.2 Å². The van der Waals surface area contributed by atoms with Crippen molar-refractivity contribution in [3.05, 3.63) is 12.2 Å². The van der Waals surface area contributed by atoms with Gasteiger partial charge in [-0.15, -0.1) is 0 Å². The summed E-state index contributed by atoms with van der Waals surface area (Å²) in [7, 11) is 0. The molecule has 0 aromatic heterocycles. The molecule has 0 aromatic carbocycles. The van der Waals surface area contributed by atoms with Crippen molar-refractivity contribution < 1.29 is 29.3 Å². The zero-order valence-corrected chi connectivity index (χ0v) is 15.9. The van der Waals surface area contributed by atoms with Crippen molar-refractivity contribution >= 4 is 11.9 Å². The second-order valence-corrected chi connectivity index (χ2v) is 9.57. The highest BCUT2D eigenvalue weighted by Crippen LogP contribution is 2.70. The fourth-order valence-electron chi connectivity index (χ4n) is 6.59. The second-order valence-electron chi connectivity index (χ2n) is 9.57. The molecule has 4 aliphatic rings. The Morgan fingerprint density at radius 3 is 2.12 bits per heavy atom. The number of esters is 2. The molecule has 6 nitrogen and oxygen atoms in total. The summed E-state index contributed by atoms with van der Waals surface area (Å²) >= 11 is 0. The van der Waals surface area contributed by atoms with Crippen LogP contribution in [0.5, 0.6) is 0 Å². The van der Waals surface area contributed by atoms with Crippen molar-refractivity contribution in [2.45, 2.75) is 71.0 Å². The highest BCUT2D eigenvalue weighted by Gasteiger charge is 2.68. The normalized spacial score (nSPS) is 42.0. The molecule has 4 aliphatic carbocycles. The summed E-state index contributed by atoms with van der Waals surface area (Å²) < 4.78 is 10.3. The van der Waals surface area contributed by atoms with Crippen LogP contribution in [0.3, 0.4) is 0 Å². The summed E-state index contributed by atoms with van der Waals surface area (Å²) in [4.78, 5) is 24.2. The Balaban J connectivity index is 1.60. The van der Waals surface area contributed by atoms with E-state index in [1.165, 1.54) is 6.08 Å². The van der Waals surface area contributed by atoms with Crippen LogP contribution in [-0.2, 0) is 19.1 Å². The maximum atomic E-state index is 12.9. The molecule has 0 heterocycles. The highest BCUT2D eigenvalue weighted by atomic mass is 16.6. The number of rotatable bonds is 6. The van der Waals surface area contributed by atoms with Gasteiger partial charge in [-0.25, -0.2) is 4.79 Å². The third kappa shape index (κ3) is 3.67. The van der Waals surface area contributed by atoms with Gasteiger partial charge in [0.05, 0.1) is 11.0 Å². The molecule has 4 bridgehead atoms. The summed E-state index contributed by atoms with van der Waals surface area (Å²) in [6.07, 6.45) is 6.16. The van der Waals surface area contributed by atoms with E-state index in [0.29, 0.717) is 6.42 Å². The first-order chi connectivity index (χ1) is 12.0. The van der Waals surface area contributed by atoms with Crippen LogP contribution < -0.4 is 0 Å². The lowest BCUT2D eigenvalue weighted by Gasteiger charge is -2.66. The zero-order chi connectivity index (χ0) is 19.2. The van der Waals surface area contributed by atoms with Crippen LogP contribution in [0.4, 0.5) is 0 Å². The van der Waals surface area contributed by atoms with Crippen LogP contribution in [0.1, 0.15) is 59.3 Å². The lowest BCUT2D eigenvalue weighted by molar-refractivity contribution is -0.235.